The number of pyridine rings is 1. The topological polar surface area (TPSA) is 71.5 Å². The minimum absolute atomic E-state index is 0.252. The molecule has 1 heterocycles. The van der Waals surface area contributed by atoms with E-state index in [1.54, 1.807) is 12.4 Å². The molecule has 0 radical (unpaired) electrons. The highest BCUT2D eigenvalue weighted by molar-refractivity contribution is 5.67. The van der Waals surface area contributed by atoms with E-state index in [9.17, 15) is 4.79 Å². The summed E-state index contributed by atoms with van der Waals surface area (Å²) in [6.07, 6.45) is 3.36. The lowest BCUT2D eigenvalue weighted by atomic mass is 10.4. The molecule has 0 aliphatic heterocycles. The van der Waals surface area contributed by atoms with Gasteiger partial charge in [0.25, 0.3) is 0 Å². The van der Waals surface area contributed by atoms with Crippen molar-refractivity contribution in [2.24, 2.45) is 0 Å². The van der Waals surface area contributed by atoms with Gasteiger partial charge in [0.1, 0.15) is 6.61 Å². The van der Waals surface area contributed by atoms with E-state index in [-0.39, 0.29) is 6.61 Å². The average molecular weight is 196 g/mol. The van der Waals surface area contributed by atoms with Gasteiger partial charge in [-0.25, -0.2) is 4.79 Å². The maximum Gasteiger partial charge on any atom is 0.329 e. The summed E-state index contributed by atoms with van der Waals surface area (Å²) in [5, 5.41) is 11.3. The summed E-state index contributed by atoms with van der Waals surface area (Å²) in [4.78, 5) is 13.9. The van der Waals surface area contributed by atoms with E-state index >= 15 is 0 Å². The fraction of sp³-hybridized carbons (Fsp3) is 0.333. The van der Waals surface area contributed by atoms with Gasteiger partial charge in [-0.2, -0.15) is 0 Å². The van der Waals surface area contributed by atoms with Crippen LogP contribution in [-0.4, -0.2) is 35.8 Å². The quantitative estimate of drug-likeness (QED) is 0.652. The first-order valence-corrected chi connectivity index (χ1v) is 4.22. The van der Waals surface area contributed by atoms with Crippen LogP contribution < -0.4 is 5.32 Å². The van der Waals surface area contributed by atoms with Crippen molar-refractivity contribution in [1.29, 1.82) is 0 Å². The summed E-state index contributed by atoms with van der Waals surface area (Å²) in [6.45, 7) is 0.698. The normalized spacial score (nSPS) is 9.71. The molecule has 5 heteroatoms. The summed E-state index contributed by atoms with van der Waals surface area (Å²) >= 11 is 0. The Morgan fingerprint density at radius 3 is 2.86 bits per heavy atom. The first kappa shape index (κ1) is 10.5. The zero-order valence-electron chi connectivity index (χ0n) is 7.64. The maximum absolute atomic E-state index is 10.1. The van der Waals surface area contributed by atoms with Crippen LogP contribution in [0.3, 0.4) is 0 Å². The summed E-state index contributed by atoms with van der Waals surface area (Å²) in [7, 11) is 0. The van der Waals surface area contributed by atoms with Crippen LogP contribution in [0.1, 0.15) is 0 Å². The number of rotatable bonds is 6. The minimum atomic E-state index is -0.950. The van der Waals surface area contributed by atoms with Gasteiger partial charge in [-0.3, -0.25) is 4.98 Å². The molecule has 0 aliphatic carbocycles. The van der Waals surface area contributed by atoms with Gasteiger partial charge in [0.15, 0.2) is 0 Å². The van der Waals surface area contributed by atoms with Crippen molar-refractivity contribution in [2.75, 3.05) is 25.1 Å². The average Bonchev–Trinajstić information content (AvgIpc) is 2.18. The van der Waals surface area contributed by atoms with Crippen molar-refractivity contribution in [1.82, 2.24) is 4.98 Å². The van der Waals surface area contributed by atoms with E-state index < -0.39 is 5.97 Å². The van der Waals surface area contributed by atoms with Crippen LogP contribution in [0.2, 0.25) is 0 Å². The lowest BCUT2D eigenvalue weighted by molar-refractivity contribution is -0.142. The van der Waals surface area contributed by atoms with Gasteiger partial charge in [-0.15, -0.1) is 0 Å². The third-order valence-electron chi connectivity index (χ3n) is 1.48. The number of ether oxygens (including phenoxy) is 1. The van der Waals surface area contributed by atoms with Gasteiger partial charge in [0.2, 0.25) is 0 Å². The van der Waals surface area contributed by atoms with Crippen molar-refractivity contribution in [3.8, 4) is 0 Å². The molecule has 2 N–H and O–H groups in total. The Morgan fingerprint density at radius 2 is 2.21 bits per heavy atom. The van der Waals surface area contributed by atoms with Crippen molar-refractivity contribution >= 4 is 11.7 Å². The fourth-order valence-corrected chi connectivity index (χ4v) is 0.897. The molecule has 0 spiro atoms. The number of anilines is 1. The molecule has 0 aromatic carbocycles. The Balaban J connectivity index is 2.08. The molecule has 1 aromatic heterocycles. The Kier molecular flexibility index (Phi) is 4.43. The fourth-order valence-electron chi connectivity index (χ4n) is 0.897. The second kappa shape index (κ2) is 5.93. The van der Waals surface area contributed by atoms with E-state index in [4.69, 9.17) is 9.84 Å². The summed E-state index contributed by atoms with van der Waals surface area (Å²) in [5.74, 6) is -0.950. The molecular weight excluding hydrogens is 184 g/mol. The molecule has 0 saturated carbocycles. The predicted molar refractivity (Wildman–Crippen MR) is 51.2 cm³/mol. The number of carboxylic acids is 1. The van der Waals surface area contributed by atoms with Crippen LogP contribution in [-0.2, 0) is 9.53 Å². The zero-order chi connectivity index (χ0) is 10.2. The van der Waals surface area contributed by atoms with Crippen molar-refractivity contribution in [3.05, 3.63) is 24.5 Å². The van der Waals surface area contributed by atoms with E-state index in [0.29, 0.717) is 13.2 Å². The molecule has 76 valence electrons. The number of carbonyl (C=O) groups is 1. The maximum atomic E-state index is 10.1. The number of aliphatic carboxylic acids is 1. The second-order valence-electron chi connectivity index (χ2n) is 2.61. The highest BCUT2D eigenvalue weighted by atomic mass is 16.5. The van der Waals surface area contributed by atoms with Crippen molar-refractivity contribution in [3.63, 3.8) is 0 Å². The summed E-state index contributed by atoms with van der Waals surface area (Å²) in [5.41, 5.74) is 0.943. The van der Waals surface area contributed by atoms with Crippen LogP contribution in [0.25, 0.3) is 0 Å². The van der Waals surface area contributed by atoms with Crippen molar-refractivity contribution < 1.29 is 14.6 Å². The van der Waals surface area contributed by atoms with E-state index in [2.05, 4.69) is 10.3 Å². The van der Waals surface area contributed by atoms with Gasteiger partial charge < -0.3 is 15.2 Å². The van der Waals surface area contributed by atoms with Crippen LogP contribution in [0.4, 0.5) is 5.69 Å². The zero-order valence-corrected chi connectivity index (χ0v) is 7.64. The standard InChI is InChI=1S/C9H12N2O3/c12-9(13)7-14-6-5-11-8-1-3-10-4-2-8/h1-4H,5-7H2,(H,10,11)(H,12,13). The lowest BCUT2D eigenvalue weighted by Gasteiger charge is -2.05. The molecule has 0 amide bonds. The predicted octanol–water partition coefficient (Wildman–Crippen LogP) is 0.595. The molecule has 0 saturated heterocycles. The SMILES string of the molecule is O=C(O)COCCNc1ccncc1. The Morgan fingerprint density at radius 1 is 1.50 bits per heavy atom. The number of hydrogen-bond donors (Lipinski definition) is 2. The lowest BCUT2D eigenvalue weighted by Crippen LogP contribution is -2.13. The Bertz CT molecular complexity index is 277. The molecule has 0 fully saturated rings. The summed E-state index contributed by atoms with van der Waals surface area (Å²) < 4.78 is 4.84. The molecule has 0 bridgehead atoms. The molecule has 1 rings (SSSR count). The molecule has 5 nitrogen and oxygen atoms in total. The van der Waals surface area contributed by atoms with Gasteiger partial charge in [-0.1, -0.05) is 0 Å². The van der Waals surface area contributed by atoms with Gasteiger partial charge in [-0.05, 0) is 12.1 Å². The first-order chi connectivity index (χ1) is 6.79. The van der Waals surface area contributed by atoms with Crippen LogP contribution in [0.5, 0.6) is 0 Å². The monoisotopic (exact) mass is 196 g/mol. The Hall–Kier alpha value is -1.62. The van der Waals surface area contributed by atoms with Crippen LogP contribution in [0.15, 0.2) is 24.5 Å². The highest BCUT2D eigenvalue weighted by Crippen LogP contribution is 2.01. The second-order valence-corrected chi connectivity index (χ2v) is 2.61. The third-order valence-corrected chi connectivity index (χ3v) is 1.48. The smallest absolute Gasteiger partial charge is 0.329 e. The van der Waals surface area contributed by atoms with Gasteiger partial charge in [0, 0.05) is 24.6 Å². The first-order valence-electron chi connectivity index (χ1n) is 4.22. The number of nitrogens with zero attached hydrogens (tertiary/aromatic N) is 1. The number of carboxylic acid groups (broad SMARTS) is 1. The largest absolute Gasteiger partial charge is 0.480 e. The number of hydrogen-bond acceptors (Lipinski definition) is 4. The molecule has 14 heavy (non-hydrogen) atoms. The molecule has 0 aliphatic rings. The summed E-state index contributed by atoms with van der Waals surface area (Å²) in [6, 6.07) is 3.66. The number of nitrogens with one attached hydrogen (secondary N) is 1. The van der Waals surface area contributed by atoms with Crippen LogP contribution >= 0.6 is 0 Å². The van der Waals surface area contributed by atoms with E-state index in [1.165, 1.54) is 0 Å². The number of aromatic nitrogens is 1. The Labute approximate surface area is 81.7 Å². The molecular formula is C9H12N2O3. The minimum Gasteiger partial charge on any atom is -0.480 e. The molecule has 0 atom stereocenters. The van der Waals surface area contributed by atoms with Gasteiger partial charge in [0.05, 0.1) is 6.61 Å². The van der Waals surface area contributed by atoms with E-state index in [1.807, 2.05) is 12.1 Å². The van der Waals surface area contributed by atoms with Gasteiger partial charge >= 0.3 is 5.97 Å². The van der Waals surface area contributed by atoms with Crippen LogP contribution in [0, 0.1) is 0 Å². The highest BCUT2D eigenvalue weighted by Gasteiger charge is 1.95. The van der Waals surface area contributed by atoms with E-state index in [0.717, 1.165) is 5.69 Å². The third kappa shape index (κ3) is 4.42. The molecule has 0 unspecified atom stereocenters. The molecule has 1 aromatic rings. The van der Waals surface area contributed by atoms with Crippen molar-refractivity contribution in [2.45, 2.75) is 0 Å².